The smallest absolute Gasteiger partial charge is 0.408 e. The molecule has 0 aliphatic rings. The number of aryl methyl sites for hydroxylation is 1. The second kappa shape index (κ2) is 10.7. The Bertz CT molecular complexity index is 1420. The quantitative estimate of drug-likeness (QED) is 0.351. The van der Waals surface area contributed by atoms with E-state index in [0.717, 1.165) is 22.0 Å². The zero-order chi connectivity index (χ0) is 26.6. The van der Waals surface area contributed by atoms with Crippen LogP contribution >= 0.6 is 0 Å². The number of carbonyl (C=O) groups excluding carboxylic acids is 3. The monoisotopic (exact) mass is 502 g/mol. The van der Waals surface area contributed by atoms with Gasteiger partial charge in [-0.3, -0.25) is 19.1 Å². The molecule has 0 aliphatic carbocycles. The minimum Gasteiger partial charge on any atom is -0.444 e. The molecular weight excluding hydrogens is 472 g/mol. The summed E-state index contributed by atoms with van der Waals surface area (Å²) in [6.45, 7) is 7.70. The molecular formula is C27H30N6O4. The van der Waals surface area contributed by atoms with Crippen LogP contribution in [-0.2, 0) is 27.3 Å². The van der Waals surface area contributed by atoms with Gasteiger partial charge in [0.1, 0.15) is 17.5 Å². The van der Waals surface area contributed by atoms with E-state index in [1.807, 2.05) is 43.3 Å². The molecule has 192 valence electrons. The SMILES string of the molecule is CCn1nc(-c2ccncc2)cc1NC(=O)[C@H](Cc1cn(C=O)c2ccccc12)NC(=O)OC(C)(C)C. The van der Waals surface area contributed by atoms with E-state index in [1.54, 1.807) is 50.1 Å². The summed E-state index contributed by atoms with van der Waals surface area (Å²) >= 11 is 0. The third-order valence-electron chi connectivity index (χ3n) is 5.68. The zero-order valence-electron chi connectivity index (χ0n) is 21.3. The van der Waals surface area contributed by atoms with E-state index in [0.29, 0.717) is 24.5 Å². The molecule has 37 heavy (non-hydrogen) atoms. The highest BCUT2D eigenvalue weighted by molar-refractivity contribution is 5.97. The molecule has 0 radical (unpaired) electrons. The second-order valence-electron chi connectivity index (χ2n) is 9.54. The van der Waals surface area contributed by atoms with Crippen LogP contribution in [0.15, 0.2) is 61.1 Å². The molecule has 4 rings (SSSR count). The molecule has 1 atom stereocenters. The molecule has 10 heteroatoms. The van der Waals surface area contributed by atoms with Crippen molar-refractivity contribution in [1.29, 1.82) is 0 Å². The Hall–Kier alpha value is -4.47. The van der Waals surface area contributed by atoms with Gasteiger partial charge < -0.3 is 15.4 Å². The number of rotatable bonds is 8. The first-order valence-electron chi connectivity index (χ1n) is 12.0. The Morgan fingerprint density at radius 2 is 1.86 bits per heavy atom. The number of fused-ring (bicyclic) bond motifs is 1. The average Bonchev–Trinajstić information content (AvgIpc) is 3.44. The topological polar surface area (TPSA) is 120 Å². The average molecular weight is 503 g/mol. The summed E-state index contributed by atoms with van der Waals surface area (Å²) in [5.74, 6) is 0.0512. The van der Waals surface area contributed by atoms with Crippen LogP contribution in [0.4, 0.5) is 10.6 Å². The summed E-state index contributed by atoms with van der Waals surface area (Å²) in [4.78, 5) is 41.8. The first-order valence-corrected chi connectivity index (χ1v) is 12.0. The maximum atomic E-state index is 13.5. The van der Waals surface area contributed by atoms with Crippen LogP contribution in [0.1, 0.15) is 33.3 Å². The molecule has 0 spiro atoms. The molecule has 0 saturated carbocycles. The highest BCUT2D eigenvalue weighted by Gasteiger charge is 2.27. The number of hydrogen-bond acceptors (Lipinski definition) is 6. The molecule has 3 heterocycles. The van der Waals surface area contributed by atoms with Crippen molar-refractivity contribution in [1.82, 2.24) is 24.6 Å². The van der Waals surface area contributed by atoms with Gasteiger partial charge in [-0.2, -0.15) is 5.10 Å². The summed E-state index contributed by atoms with van der Waals surface area (Å²) in [6, 6.07) is 11.9. The number of benzene rings is 1. The maximum Gasteiger partial charge on any atom is 0.408 e. The van der Waals surface area contributed by atoms with Gasteiger partial charge >= 0.3 is 6.09 Å². The number of nitrogens with zero attached hydrogens (tertiary/aromatic N) is 4. The summed E-state index contributed by atoms with van der Waals surface area (Å²) in [5, 5.41) is 11.0. The first-order chi connectivity index (χ1) is 17.7. The van der Waals surface area contributed by atoms with Gasteiger partial charge in [-0.05, 0) is 51.5 Å². The van der Waals surface area contributed by atoms with Gasteiger partial charge in [-0.1, -0.05) is 18.2 Å². The van der Waals surface area contributed by atoms with Crippen LogP contribution in [0.3, 0.4) is 0 Å². The lowest BCUT2D eigenvalue weighted by Crippen LogP contribution is -2.47. The number of amides is 2. The predicted molar refractivity (Wildman–Crippen MR) is 141 cm³/mol. The lowest BCUT2D eigenvalue weighted by Gasteiger charge is -2.23. The van der Waals surface area contributed by atoms with E-state index >= 15 is 0 Å². The van der Waals surface area contributed by atoms with Crippen LogP contribution in [0.2, 0.25) is 0 Å². The molecule has 0 fully saturated rings. The summed E-state index contributed by atoms with van der Waals surface area (Å²) in [7, 11) is 0. The van der Waals surface area contributed by atoms with Crippen molar-refractivity contribution in [2.24, 2.45) is 0 Å². The minimum atomic E-state index is -0.981. The molecule has 0 saturated heterocycles. The lowest BCUT2D eigenvalue weighted by molar-refractivity contribution is -0.118. The van der Waals surface area contributed by atoms with Gasteiger partial charge in [0.25, 0.3) is 0 Å². The van der Waals surface area contributed by atoms with Crippen LogP contribution in [-0.4, -0.2) is 49.4 Å². The predicted octanol–water partition coefficient (Wildman–Crippen LogP) is 4.03. The number of hydrogen-bond donors (Lipinski definition) is 2. The molecule has 0 bridgehead atoms. The Balaban J connectivity index is 1.64. The zero-order valence-corrected chi connectivity index (χ0v) is 21.3. The van der Waals surface area contributed by atoms with Crippen molar-refractivity contribution in [3.8, 4) is 11.3 Å². The maximum absolute atomic E-state index is 13.5. The van der Waals surface area contributed by atoms with E-state index in [4.69, 9.17) is 4.74 Å². The van der Waals surface area contributed by atoms with E-state index < -0.39 is 23.6 Å². The highest BCUT2D eigenvalue weighted by Crippen LogP contribution is 2.24. The van der Waals surface area contributed by atoms with Crippen molar-refractivity contribution >= 4 is 35.1 Å². The number of alkyl carbamates (subject to hydrolysis) is 1. The first kappa shape index (κ1) is 25.6. The summed E-state index contributed by atoms with van der Waals surface area (Å²) < 4.78 is 8.55. The Morgan fingerprint density at radius 1 is 1.14 bits per heavy atom. The Kier molecular flexibility index (Phi) is 7.37. The molecule has 3 aromatic heterocycles. The van der Waals surface area contributed by atoms with E-state index in [-0.39, 0.29) is 6.42 Å². The fraction of sp³-hybridized carbons (Fsp3) is 0.296. The van der Waals surface area contributed by atoms with Crippen molar-refractivity contribution in [3.05, 3.63) is 66.6 Å². The number of aromatic nitrogens is 4. The van der Waals surface area contributed by atoms with Gasteiger partial charge in [-0.15, -0.1) is 0 Å². The van der Waals surface area contributed by atoms with Crippen LogP contribution in [0.5, 0.6) is 0 Å². The molecule has 0 aliphatic heterocycles. The number of anilines is 1. The van der Waals surface area contributed by atoms with Gasteiger partial charge in [0.2, 0.25) is 12.3 Å². The van der Waals surface area contributed by atoms with E-state index in [2.05, 4.69) is 20.7 Å². The third-order valence-corrected chi connectivity index (χ3v) is 5.68. The van der Waals surface area contributed by atoms with Crippen LogP contribution in [0.25, 0.3) is 22.2 Å². The Labute approximate surface area is 214 Å². The van der Waals surface area contributed by atoms with Gasteiger partial charge in [-0.25, -0.2) is 9.48 Å². The fourth-order valence-corrected chi connectivity index (χ4v) is 4.04. The second-order valence-corrected chi connectivity index (χ2v) is 9.54. The Morgan fingerprint density at radius 3 is 2.54 bits per heavy atom. The molecule has 10 nitrogen and oxygen atoms in total. The van der Waals surface area contributed by atoms with Crippen LogP contribution in [0, 0.1) is 0 Å². The van der Waals surface area contributed by atoms with Crippen molar-refractivity contribution in [2.45, 2.75) is 52.3 Å². The standard InChI is InChI=1S/C27H30N6O4/c1-5-33-24(15-21(31-33)18-10-12-28-13-11-18)30-25(35)22(29-26(36)37-27(2,3)4)14-19-16-32(17-34)23-9-7-6-8-20(19)23/h6-13,15-17,22H,5,14H2,1-4H3,(H,29,36)(H,30,35)/t22-/m0/s1. The molecule has 2 N–H and O–H groups in total. The van der Waals surface area contributed by atoms with Gasteiger partial charge in [0.05, 0.1) is 11.2 Å². The minimum absolute atomic E-state index is 0.143. The molecule has 4 aromatic rings. The lowest BCUT2D eigenvalue weighted by atomic mass is 10.0. The van der Waals surface area contributed by atoms with E-state index in [1.165, 1.54) is 4.57 Å². The van der Waals surface area contributed by atoms with E-state index in [9.17, 15) is 14.4 Å². The largest absolute Gasteiger partial charge is 0.444 e. The van der Waals surface area contributed by atoms with Gasteiger partial charge in [0, 0.05) is 48.6 Å². The number of ether oxygens (including phenoxy) is 1. The normalized spacial score (nSPS) is 12.2. The molecule has 0 unspecified atom stereocenters. The van der Waals surface area contributed by atoms with Crippen molar-refractivity contribution in [2.75, 3.05) is 5.32 Å². The molecule has 1 aromatic carbocycles. The number of nitrogens with one attached hydrogen (secondary N) is 2. The van der Waals surface area contributed by atoms with Crippen molar-refractivity contribution in [3.63, 3.8) is 0 Å². The third kappa shape index (κ3) is 6.03. The summed E-state index contributed by atoms with van der Waals surface area (Å²) in [6.07, 6.45) is 5.16. The number of carbonyl (C=O) groups is 3. The number of para-hydroxylation sites is 1. The van der Waals surface area contributed by atoms with Gasteiger partial charge in [0.15, 0.2) is 0 Å². The summed E-state index contributed by atoms with van der Waals surface area (Å²) in [5.41, 5.74) is 2.27. The van der Waals surface area contributed by atoms with Crippen LogP contribution < -0.4 is 10.6 Å². The number of pyridine rings is 1. The highest BCUT2D eigenvalue weighted by atomic mass is 16.6. The van der Waals surface area contributed by atoms with Crippen molar-refractivity contribution < 1.29 is 19.1 Å². The fourth-order valence-electron chi connectivity index (χ4n) is 4.04. The molecule has 2 amide bonds.